The number of nitrogens with one attached hydrogen (secondary N) is 1. The monoisotopic (exact) mass is 488 g/mol. The number of para-hydroxylation sites is 1. The maximum Gasteiger partial charge on any atom is 0.255 e. The zero-order chi connectivity index (χ0) is 21.4. The number of thioether (sulfide) groups is 1. The maximum atomic E-state index is 13.1. The minimum atomic E-state index is -0.635. The lowest BCUT2D eigenvalue weighted by Gasteiger charge is -2.48. The van der Waals surface area contributed by atoms with E-state index in [2.05, 4.69) is 21.2 Å². The summed E-state index contributed by atoms with van der Waals surface area (Å²) < 4.78 is 6.12. The molecule has 0 aromatic heterocycles. The Morgan fingerprint density at radius 2 is 2.07 bits per heavy atom. The lowest BCUT2D eigenvalue weighted by molar-refractivity contribution is -0.130. The zero-order valence-electron chi connectivity index (χ0n) is 16.8. The van der Waals surface area contributed by atoms with Crippen LogP contribution in [0.15, 0.2) is 52.0 Å². The molecule has 4 rings (SSSR count). The Bertz CT molecular complexity index is 1040. The number of fused-ring (bicyclic) bond motifs is 3. The summed E-state index contributed by atoms with van der Waals surface area (Å²) in [5.41, 5.74) is 2.30. The van der Waals surface area contributed by atoms with Crippen molar-refractivity contribution >= 4 is 50.4 Å². The number of hydrazone groups is 1. The molecule has 7 nitrogen and oxygen atoms in total. The van der Waals surface area contributed by atoms with Crippen molar-refractivity contribution in [3.63, 3.8) is 0 Å². The first-order valence-corrected chi connectivity index (χ1v) is 11.5. The SMILES string of the molecule is CCC(=O)N1c2ccccc2C2C(=O)NC(SC)=NN2C1c1ccc(OC)c(Br)c1. The molecule has 0 saturated heterocycles. The summed E-state index contributed by atoms with van der Waals surface area (Å²) in [5, 5.41) is 9.80. The van der Waals surface area contributed by atoms with E-state index in [-0.39, 0.29) is 11.8 Å². The summed E-state index contributed by atoms with van der Waals surface area (Å²) in [4.78, 5) is 27.9. The van der Waals surface area contributed by atoms with Crippen molar-refractivity contribution < 1.29 is 14.3 Å². The average molecular weight is 489 g/mol. The number of rotatable bonds is 3. The summed E-state index contributed by atoms with van der Waals surface area (Å²) in [6.45, 7) is 1.83. The number of hydrogen-bond acceptors (Lipinski definition) is 6. The quantitative estimate of drug-likeness (QED) is 0.705. The first kappa shape index (κ1) is 20.7. The van der Waals surface area contributed by atoms with E-state index in [4.69, 9.17) is 9.84 Å². The van der Waals surface area contributed by atoms with E-state index in [0.717, 1.165) is 21.3 Å². The van der Waals surface area contributed by atoms with Crippen LogP contribution < -0.4 is 15.0 Å². The number of ether oxygens (including phenoxy) is 1. The number of halogens is 1. The largest absolute Gasteiger partial charge is 0.496 e. The minimum absolute atomic E-state index is 0.0512. The number of carbonyl (C=O) groups excluding carboxylic acids is 2. The van der Waals surface area contributed by atoms with Gasteiger partial charge >= 0.3 is 0 Å². The van der Waals surface area contributed by atoms with Crippen LogP contribution in [-0.4, -0.2) is 35.4 Å². The molecule has 2 unspecified atom stereocenters. The van der Waals surface area contributed by atoms with Crippen molar-refractivity contribution in [1.82, 2.24) is 10.3 Å². The molecule has 0 fully saturated rings. The van der Waals surface area contributed by atoms with Crippen LogP contribution in [0.1, 0.15) is 36.7 Å². The predicted molar refractivity (Wildman–Crippen MR) is 121 cm³/mol. The average Bonchev–Trinajstić information content (AvgIpc) is 2.77. The van der Waals surface area contributed by atoms with Crippen LogP contribution in [-0.2, 0) is 9.59 Å². The summed E-state index contributed by atoms with van der Waals surface area (Å²) in [7, 11) is 1.60. The standard InChI is InChI=1S/C21H21BrN4O3S/c1-4-17(27)25-15-8-6-5-7-13(15)18-19(28)23-21(30-3)24-26(18)20(25)12-9-10-16(29-2)14(22)11-12/h5-11,18,20H,4H2,1-3H3,(H,23,24,28). The fraction of sp³-hybridized carbons (Fsp3) is 0.286. The van der Waals surface area contributed by atoms with Gasteiger partial charge in [-0.2, -0.15) is 0 Å². The highest BCUT2D eigenvalue weighted by Gasteiger charge is 2.47. The van der Waals surface area contributed by atoms with Crippen LogP contribution in [0.25, 0.3) is 0 Å². The number of amidine groups is 1. The van der Waals surface area contributed by atoms with Gasteiger partial charge in [0.2, 0.25) is 5.91 Å². The summed E-state index contributed by atoms with van der Waals surface area (Å²) in [6.07, 6.45) is 1.60. The molecule has 9 heteroatoms. The van der Waals surface area contributed by atoms with Crippen molar-refractivity contribution in [2.75, 3.05) is 18.3 Å². The van der Waals surface area contributed by atoms with Crippen molar-refractivity contribution in [2.45, 2.75) is 25.6 Å². The molecule has 0 radical (unpaired) electrons. The lowest BCUT2D eigenvalue weighted by atomic mass is 9.95. The minimum Gasteiger partial charge on any atom is -0.496 e. The topological polar surface area (TPSA) is 74.2 Å². The third-order valence-electron chi connectivity index (χ3n) is 5.17. The first-order chi connectivity index (χ1) is 14.5. The Morgan fingerprint density at radius 3 is 2.73 bits per heavy atom. The fourth-order valence-electron chi connectivity index (χ4n) is 3.83. The van der Waals surface area contributed by atoms with Crippen molar-refractivity contribution in [1.29, 1.82) is 0 Å². The molecule has 2 aromatic rings. The van der Waals surface area contributed by atoms with Gasteiger partial charge in [-0.25, -0.2) is 0 Å². The van der Waals surface area contributed by atoms with Crippen LogP contribution in [0, 0.1) is 0 Å². The van der Waals surface area contributed by atoms with E-state index in [9.17, 15) is 9.59 Å². The molecule has 2 aliphatic heterocycles. The lowest BCUT2D eigenvalue weighted by Crippen LogP contribution is -2.55. The molecule has 2 heterocycles. The molecule has 2 aliphatic rings. The van der Waals surface area contributed by atoms with Crippen molar-refractivity contribution in [2.24, 2.45) is 5.10 Å². The molecule has 0 saturated carbocycles. The van der Waals surface area contributed by atoms with Gasteiger partial charge in [-0.15, -0.1) is 5.10 Å². The van der Waals surface area contributed by atoms with E-state index in [1.807, 2.05) is 55.6 Å². The number of benzene rings is 2. The molecule has 2 aromatic carbocycles. The Kier molecular flexibility index (Phi) is 5.75. The number of carbonyl (C=O) groups is 2. The molecule has 30 heavy (non-hydrogen) atoms. The van der Waals surface area contributed by atoms with E-state index in [1.54, 1.807) is 17.0 Å². The summed E-state index contributed by atoms with van der Waals surface area (Å²) >= 11 is 4.89. The fourth-order valence-corrected chi connectivity index (χ4v) is 4.76. The third kappa shape index (κ3) is 3.35. The van der Waals surface area contributed by atoms with Gasteiger partial charge < -0.3 is 10.1 Å². The smallest absolute Gasteiger partial charge is 0.255 e. The Morgan fingerprint density at radius 1 is 1.30 bits per heavy atom. The molecule has 2 atom stereocenters. The Balaban J connectivity index is 1.97. The van der Waals surface area contributed by atoms with Crippen LogP contribution in [0.3, 0.4) is 0 Å². The van der Waals surface area contributed by atoms with Gasteiger partial charge in [0.25, 0.3) is 5.91 Å². The number of hydrogen-bond donors (Lipinski definition) is 1. The number of methoxy groups -OCH3 is 1. The highest BCUT2D eigenvalue weighted by Crippen LogP contribution is 2.47. The number of anilines is 1. The molecule has 1 N–H and O–H groups in total. The van der Waals surface area contributed by atoms with Gasteiger partial charge in [-0.1, -0.05) is 43.0 Å². The highest BCUT2D eigenvalue weighted by molar-refractivity contribution is 9.10. The van der Waals surface area contributed by atoms with Crippen LogP contribution in [0.2, 0.25) is 0 Å². The van der Waals surface area contributed by atoms with E-state index < -0.39 is 12.2 Å². The van der Waals surface area contributed by atoms with Gasteiger partial charge in [-0.3, -0.25) is 19.5 Å². The first-order valence-electron chi connectivity index (χ1n) is 9.46. The second-order valence-corrected chi connectivity index (χ2v) is 8.47. The molecule has 0 bridgehead atoms. The van der Waals surface area contributed by atoms with E-state index in [0.29, 0.717) is 17.3 Å². The molecular weight excluding hydrogens is 468 g/mol. The Hall–Kier alpha value is -2.52. The number of amides is 2. The van der Waals surface area contributed by atoms with Gasteiger partial charge in [0, 0.05) is 12.0 Å². The molecule has 156 valence electrons. The molecule has 2 amide bonds. The normalized spacial score (nSPS) is 20.1. The Labute approximate surface area is 187 Å². The summed E-state index contributed by atoms with van der Waals surface area (Å²) in [6, 6.07) is 12.5. The van der Waals surface area contributed by atoms with E-state index >= 15 is 0 Å². The predicted octanol–water partition coefficient (Wildman–Crippen LogP) is 4.02. The van der Waals surface area contributed by atoms with Crippen molar-refractivity contribution in [3.05, 3.63) is 58.1 Å². The van der Waals surface area contributed by atoms with E-state index in [1.165, 1.54) is 11.8 Å². The van der Waals surface area contributed by atoms with Crippen LogP contribution >= 0.6 is 27.7 Å². The molecular formula is C21H21BrN4O3S. The second kappa shape index (κ2) is 8.31. The number of nitrogens with zero attached hydrogens (tertiary/aromatic N) is 3. The van der Waals surface area contributed by atoms with Gasteiger partial charge in [0.15, 0.2) is 17.4 Å². The highest BCUT2D eigenvalue weighted by atomic mass is 79.9. The van der Waals surface area contributed by atoms with Crippen LogP contribution in [0.4, 0.5) is 5.69 Å². The second-order valence-electron chi connectivity index (χ2n) is 6.82. The van der Waals surface area contributed by atoms with Gasteiger partial charge in [0.1, 0.15) is 5.75 Å². The van der Waals surface area contributed by atoms with Crippen molar-refractivity contribution in [3.8, 4) is 5.75 Å². The summed E-state index contributed by atoms with van der Waals surface area (Å²) in [5.74, 6) is 0.470. The molecule has 0 spiro atoms. The van der Waals surface area contributed by atoms with Crippen LogP contribution in [0.5, 0.6) is 5.75 Å². The maximum absolute atomic E-state index is 13.1. The zero-order valence-corrected chi connectivity index (χ0v) is 19.2. The van der Waals surface area contributed by atoms with Gasteiger partial charge in [-0.05, 0) is 45.9 Å². The molecule has 0 aliphatic carbocycles. The van der Waals surface area contributed by atoms with Gasteiger partial charge in [0.05, 0.1) is 17.3 Å². The third-order valence-corrected chi connectivity index (χ3v) is 6.36.